The zero-order valence-corrected chi connectivity index (χ0v) is 34.4. The highest BCUT2D eigenvalue weighted by Gasteiger charge is 2.59. The summed E-state index contributed by atoms with van der Waals surface area (Å²) < 4.78 is 6.06. The lowest BCUT2D eigenvalue weighted by Gasteiger charge is -2.58. The largest absolute Gasteiger partial charge is 0.462 e. The molecule has 0 spiro atoms. The van der Waals surface area contributed by atoms with Crippen molar-refractivity contribution in [3.63, 3.8) is 0 Å². The quantitative estimate of drug-likeness (QED) is 0.0720. The molecule has 278 valence electrons. The van der Waals surface area contributed by atoms with Crippen LogP contribution in [-0.4, -0.2) is 12.1 Å². The first kappa shape index (κ1) is 41.3. The zero-order chi connectivity index (χ0) is 36.7. The summed E-state index contributed by atoms with van der Waals surface area (Å²) in [5.41, 5.74) is 3.84. The van der Waals surface area contributed by atoms with E-state index in [-0.39, 0.29) is 17.5 Å². The fraction of sp³-hybridized carbons (Fsp3) is 0.688. The number of carbonyl (C=O) groups excluding carboxylic acids is 1. The predicted octanol–water partition coefficient (Wildman–Crippen LogP) is 13.1. The molecule has 3 fully saturated rings. The minimum Gasteiger partial charge on any atom is -0.462 e. The van der Waals surface area contributed by atoms with Gasteiger partial charge >= 0.3 is 5.97 Å². The third-order valence-electron chi connectivity index (χ3n) is 13.9. The summed E-state index contributed by atoms with van der Waals surface area (Å²) in [4.78, 5) is 14.5. The van der Waals surface area contributed by atoms with E-state index < -0.39 is 0 Å². The molecule has 0 heterocycles. The van der Waals surface area contributed by atoms with Gasteiger partial charge in [-0.05, 0) is 172 Å². The van der Waals surface area contributed by atoms with E-state index in [9.17, 15) is 4.79 Å². The number of ether oxygens (including phenoxy) is 1. The van der Waals surface area contributed by atoms with Gasteiger partial charge < -0.3 is 4.74 Å². The van der Waals surface area contributed by atoms with Gasteiger partial charge in [0.15, 0.2) is 0 Å². The number of hydrogen-bond acceptors (Lipinski definition) is 2. The molecule has 0 aromatic carbocycles. The van der Waals surface area contributed by atoms with Gasteiger partial charge in [-0.1, -0.05) is 104 Å². The molecule has 51 heavy (non-hydrogen) atoms. The fourth-order valence-corrected chi connectivity index (χ4v) is 11.1. The maximum atomic E-state index is 12.8. The Balaban J connectivity index is 1.18. The van der Waals surface area contributed by atoms with Crippen LogP contribution in [0, 0.1) is 81.9 Å². The number of esters is 1. The van der Waals surface area contributed by atoms with Crippen molar-refractivity contribution in [2.75, 3.05) is 0 Å². The summed E-state index contributed by atoms with van der Waals surface area (Å²) in [6.45, 7) is 16.9. The second-order valence-electron chi connectivity index (χ2n) is 16.7. The molecule has 0 N–H and O–H groups in total. The van der Waals surface area contributed by atoms with E-state index in [0.717, 1.165) is 81.0 Å². The monoisotopic (exact) mass is 754 g/mol. The molecule has 0 aliphatic heterocycles. The average molecular weight is 756 g/mol. The number of halogens is 1. The Bertz CT molecular complexity index is 1440. The molecular weight excluding hydrogens is 688 g/mol. The molecule has 4 aliphatic rings. The lowest BCUT2D eigenvalue weighted by Crippen LogP contribution is -2.51. The highest BCUT2D eigenvalue weighted by atomic mass is 79.9. The highest BCUT2D eigenvalue weighted by molar-refractivity contribution is 9.11. The molecule has 3 saturated carbocycles. The van der Waals surface area contributed by atoms with E-state index in [1.807, 2.05) is 6.08 Å². The topological polar surface area (TPSA) is 26.3 Å². The predicted molar refractivity (Wildman–Crippen MR) is 220 cm³/mol. The van der Waals surface area contributed by atoms with Crippen LogP contribution in [0.25, 0.3) is 0 Å². The zero-order valence-electron chi connectivity index (χ0n) is 32.8. The molecule has 3 heteroatoms. The number of unbranched alkanes of at least 4 members (excludes halogenated alkanes) is 4. The van der Waals surface area contributed by atoms with Crippen molar-refractivity contribution in [1.29, 1.82) is 0 Å². The number of allylic oxidation sites excluding steroid dienone is 5. The van der Waals surface area contributed by atoms with Crippen LogP contribution in [0.5, 0.6) is 0 Å². The number of fused-ring (bicyclic) bond motifs is 5. The lowest BCUT2D eigenvalue weighted by molar-refractivity contribution is -0.151. The molecule has 0 aromatic rings. The van der Waals surface area contributed by atoms with Gasteiger partial charge in [-0.2, -0.15) is 0 Å². The third-order valence-corrected chi connectivity index (χ3v) is 14.1. The van der Waals surface area contributed by atoms with Crippen molar-refractivity contribution >= 4 is 21.9 Å². The maximum absolute atomic E-state index is 12.8. The molecule has 4 aliphatic carbocycles. The third kappa shape index (κ3) is 11.1. The molecule has 8 atom stereocenters. The van der Waals surface area contributed by atoms with E-state index >= 15 is 0 Å². The van der Waals surface area contributed by atoms with Crippen molar-refractivity contribution in [3.05, 3.63) is 47.0 Å². The van der Waals surface area contributed by atoms with Crippen molar-refractivity contribution in [2.45, 2.75) is 163 Å². The molecule has 4 rings (SSSR count). The van der Waals surface area contributed by atoms with E-state index in [0.29, 0.717) is 24.2 Å². The van der Waals surface area contributed by atoms with Crippen LogP contribution in [0.2, 0.25) is 0 Å². The van der Waals surface area contributed by atoms with Gasteiger partial charge in [0.2, 0.25) is 0 Å². The molecule has 0 saturated heterocycles. The first-order valence-corrected chi connectivity index (χ1v) is 21.5. The Hall–Kier alpha value is -2.41. The van der Waals surface area contributed by atoms with Gasteiger partial charge in [-0.15, -0.1) is 0 Å². The van der Waals surface area contributed by atoms with Crippen LogP contribution in [0.3, 0.4) is 0 Å². The van der Waals surface area contributed by atoms with E-state index in [2.05, 4.69) is 105 Å². The summed E-state index contributed by atoms with van der Waals surface area (Å²) in [7, 11) is 0. The Morgan fingerprint density at radius 2 is 1.78 bits per heavy atom. The smallest absolute Gasteiger partial charge is 0.306 e. The maximum Gasteiger partial charge on any atom is 0.306 e. The molecular formula is C48H67BrO2. The summed E-state index contributed by atoms with van der Waals surface area (Å²) in [5.74, 6) is 22.7. The van der Waals surface area contributed by atoms with Gasteiger partial charge in [0.25, 0.3) is 0 Å². The summed E-state index contributed by atoms with van der Waals surface area (Å²) in [6.07, 6.45) is 29.3. The van der Waals surface area contributed by atoms with Crippen LogP contribution in [0.15, 0.2) is 47.0 Å². The van der Waals surface area contributed by atoms with Gasteiger partial charge in [0.05, 0.1) is 0 Å². The van der Waals surface area contributed by atoms with Crippen LogP contribution < -0.4 is 0 Å². The van der Waals surface area contributed by atoms with Crippen molar-refractivity contribution in [2.24, 2.45) is 46.3 Å². The Morgan fingerprint density at radius 3 is 2.57 bits per heavy atom. The van der Waals surface area contributed by atoms with E-state index in [1.54, 1.807) is 16.6 Å². The fourth-order valence-electron chi connectivity index (χ4n) is 10.9. The standard InChI is InChI=1S/C48H67BrO2/c1-7-39(8-2)37(3)25-26-38(4)43-29-30-44-42-28-27-40-36-41(31-33-47(40,5)45(42)32-34-48(43,44)6)51-46(50)24-22-20-18-16-14-12-10-9-11-13-15-17-19-21-23-35-49/h9-10,23,27,35,38-39,41-45H,3,7-8,11,13,15,17,20,22,24-26,28-34,36H2,1-2,4-6H3/b10-9+,35-23+/t38-,41+,42+,43-,44+,45+,47+,48-/m1/s1. The van der Waals surface area contributed by atoms with Crippen LogP contribution in [0.1, 0.15) is 157 Å². The molecule has 0 amide bonds. The first-order chi connectivity index (χ1) is 24.7. The van der Waals surface area contributed by atoms with Crippen molar-refractivity contribution in [1.82, 2.24) is 0 Å². The van der Waals surface area contributed by atoms with Gasteiger partial charge in [-0.25, -0.2) is 0 Å². The number of carbonyl (C=O) groups is 1. The van der Waals surface area contributed by atoms with Gasteiger partial charge in [0.1, 0.15) is 6.10 Å². The van der Waals surface area contributed by atoms with Crippen molar-refractivity contribution in [3.8, 4) is 35.5 Å². The summed E-state index contributed by atoms with van der Waals surface area (Å²) >= 11 is 3.21. The summed E-state index contributed by atoms with van der Waals surface area (Å²) in [6, 6.07) is 0. The Kier molecular flexibility index (Phi) is 16.8. The van der Waals surface area contributed by atoms with E-state index in [4.69, 9.17) is 4.74 Å². The second-order valence-corrected chi connectivity index (χ2v) is 17.2. The Labute approximate surface area is 321 Å². The van der Waals surface area contributed by atoms with Crippen LogP contribution in [0.4, 0.5) is 0 Å². The Morgan fingerprint density at radius 1 is 0.980 bits per heavy atom. The van der Waals surface area contributed by atoms with Crippen molar-refractivity contribution < 1.29 is 9.53 Å². The SMILES string of the molecule is C=C(CC[C@@H](C)[C@H]1CC[C@H]2[C@@H]3CC=C4C[C@@H](OC(=O)CCCC#CC#C/C=C/CCCCC#C/C=C/Br)CC[C@]4(C)[C@H]3CC[C@]12C)C(CC)CC. The van der Waals surface area contributed by atoms with Gasteiger partial charge in [-0.3, -0.25) is 4.79 Å². The molecule has 0 bridgehead atoms. The molecule has 0 aromatic heterocycles. The minimum atomic E-state index is -0.0673. The molecule has 0 unspecified atom stereocenters. The second kappa shape index (κ2) is 20.7. The molecule has 0 radical (unpaired) electrons. The summed E-state index contributed by atoms with van der Waals surface area (Å²) in [5, 5.41) is 0. The van der Waals surface area contributed by atoms with Crippen LogP contribution in [-0.2, 0) is 9.53 Å². The highest BCUT2D eigenvalue weighted by Crippen LogP contribution is 2.67. The number of hydrogen-bond donors (Lipinski definition) is 0. The number of rotatable bonds is 15. The minimum absolute atomic E-state index is 0.0294. The first-order valence-electron chi connectivity index (χ1n) is 20.6. The van der Waals surface area contributed by atoms with Crippen LogP contribution >= 0.6 is 15.9 Å². The molecule has 2 nitrogen and oxygen atoms in total. The van der Waals surface area contributed by atoms with Gasteiger partial charge in [0, 0.05) is 25.7 Å². The van der Waals surface area contributed by atoms with E-state index in [1.165, 1.54) is 63.4 Å². The normalized spacial score (nSPS) is 30.1. The average Bonchev–Trinajstić information content (AvgIpc) is 3.48. The lowest BCUT2D eigenvalue weighted by atomic mass is 9.47.